The van der Waals surface area contributed by atoms with E-state index in [1.807, 2.05) is 13.8 Å². The van der Waals surface area contributed by atoms with Crippen LogP contribution in [0.5, 0.6) is 0 Å². The van der Waals surface area contributed by atoms with Gasteiger partial charge in [-0.25, -0.2) is 0 Å². The molecule has 78 valence electrons. The summed E-state index contributed by atoms with van der Waals surface area (Å²) in [6, 6.07) is 0. The van der Waals surface area contributed by atoms with Gasteiger partial charge in [0.15, 0.2) is 0 Å². The molecule has 5 heteroatoms. The van der Waals surface area contributed by atoms with Crippen LogP contribution in [0.2, 0.25) is 0 Å². The maximum Gasteiger partial charge on any atom is 0.471 e. The second kappa shape index (κ2) is 4.48. The molecule has 0 unspecified atom stereocenters. The summed E-state index contributed by atoms with van der Waals surface area (Å²) in [5.74, 6) is -1.50. The normalized spacial score (nSPS) is 17.2. The first-order valence-electron chi connectivity index (χ1n) is 4.27. The van der Waals surface area contributed by atoms with E-state index in [-0.39, 0.29) is 19.0 Å². The maximum absolute atomic E-state index is 11.7. The number of amides is 1. The predicted molar refractivity (Wildman–Crippen MR) is 43.1 cm³/mol. The quantitative estimate of drug-likeness (QED) is 0.582. The van der Waals surface area contributed by atoms with Crippen LogP contribution in [0.25, 0.3) is 0 Å². The van der Waals surface area contributed by atoms with Gasteiger partial charge in [-0.3, -0.25) is 4.79 Å². The number of hydrogen-bond donors (Lipinski definition) is 0. The Bertz CT molecular complexity index is 173. The van der Waals surface area contributed by atoms with Crippen molar-refractivity contribution in [2.75, 3.05) is 13.1 Å². The molecule has 0 aliphatic carbocycles. The van der Waals surface area contributed by atoms with Gasteiger partial charge in [0.2, 0.25) is 0 Å². The Kier molecular flexibility index (Phi) is 4.23. The van der Waals surface area contributed by atoms with Crippen LogP contribution in [-0.2, 0) is 4.79 Å². The zero-order valence-electron chi connectivity index (χ0n) is 7.98. The van der Waals surface area contributed by atoms with Crippen LogP contribution < -0.4 is 0 Å². The summed E-state index contributed by atoms with van der Waals surface area (Å²) in [7, 11) is 0. The minimum absolute atomic E-state index is 0.210. The number of carbonyl (C=O) groups excluding carboxylic acids is 1. The largest absolute Gasteiger partial charge is 0.471 e. The van der Waals surface area contributed by atoms with E-state index < -0.39 is 12.1 Å². The van der Waals surface area contributed by atoms with Crippen molar-refractivity contribution in [1.29, 1.82) is 0 Å². The molecular weight excluding hydrogens is 183 g/mol. The van der Waals surface area contributed by atoms with Crippen LogP contribution in [0.1, 0.15) is 20.8 Å². The zero-order chi connectivity index (χ0) is 10.6. The van der Waals surface area contributed by atoms with Gasteiger partial charge in [0.05, 0.1) is 0 Å². The third kappa shape index (κ3) is 3.24. The molecule has 13 heavy (non-hydrogen) atoms. The molecule has 0 atom stereocenters. The lowest BCUT2D eigenvalue weighted by atomic mass is 10.0. The Morgan fingerprint density at radius 2 is 1.69 bits per heavy atom. The van der Waals surface area contributed by atoms with Crippen molar-refractivity contribution in [3.8, 4) is 0 Å². The number of halogens is 3. The summed E-state index contributed by atoms with van der Waals surface area (Å²) in [6.45, 7) is 6.27. The van der Waals surface area contributed by atoms with Crippen molar-refractivity contribution >= 4 is 5.91 Å². The molecule has 1 amide bonds. The summed E-state index contributed by atoms with van der Waals surface area (Å²) in [5.41, 5.74) is 0. The number of rotatable bonds is 0. The van der Waals surface area contributed by atoms with Gasteiger partial charge < -0.3 is 4.90 Å². The van der Waals surface area contributed by atoms with Crippen molar-refractivity contribution in [3.63, 3.8) is 0 Å². The van der Waals surface area contributed by atoms with E-state index in [9.17, 15) is 18.0 Å². The highest BCUT2D eigenvalue weighted by molar-refractivity contribution is 5.82. The third-order valence-electron chi connectivity index (χ3n) is 1.59. The highest BCUT2D eigenvalue weighted by Crippen LogP contribution is 2.24. The molecule has 1 aliphatic rings. The number of hydrogen-bond acceptors (Lipinski definition) is 1. The first-order valence-corrected chi connectivity index (χ1v) is 4.27. The Hall–Kier alpha value is -0.740. The average molecular weight is 197 g/mol. The van der Waals surface area contributed by atoms with E-state index in [4.69, 9.17) is 0 Å². The number of likely N-dealkylation sites (tertiary alicyclic amines) is 1. The van der Waals surface area contributed by atoms with Crippen molar-refractivity contribution in [2.24, 2.45) is 5.92 Å². The van der Waals surface area contributed by atoms with Crippen LogP contribution in [0.3, 0.4) is 0 Å². The summed E-state index contributed by atoms with van der Waals surface area (Å²) in [5, 5.41) is 0. The standard InChI is InChI=1S/C6H8F3NO.C2H6/c1-4-2-10(3-4)5(11)6(7,8)9;1-2/h4H,2-3H2,1H3;1-2H3. The van der Waals surface area contributed by atoms with Crippen LogP contribution in [0.4, 0.5) is 13.2 Å². The molecule has 0 aromatic heterocycles. The molecule has 0 aromatic rings. The topological polar surface area (TPSA) is 20.3 Å². The van der Waals surface area contributed by atoms with Crippen LogP contribution in [-0.4, -0.2) is 30.1 Å². The summed E-state index contributed by atoms with van der Waals surface area (Å²) < 4.78 is 35.0. The fraction of sp³-hybridized carbons (Fsp3) is 0.875. The molecular formula is C8H14F3NO. The summed E-state index contributed by atoms with van der Waals surface area (Å²) >= 11 is 0. The highest BCUT2D eigenvalue weighted by Gasteiger charge is 2.45. The van der Waals surface area contributed by atoms with Gasteiger partial charge in [0.1, 0.15) is 0 Å². The monoisotopic (exact) mass is 197 g/mol. The molecule has 2 nitrogen and oxygen atoms in total. The van der Waals surface area contributed by atoms with E-state index in [1.165, 1.54) is 0 Å². The van der Waals surface area contributed by atoms with Gasteiger partial charge >= 0.3 is 12.1 Å². The molecule has 0 N–H and O–H groups in total. The minimum Gasteiger partial charge on any atom is -0.334 e. The highest BCUT2D eigenvalue weighted by atomic mass is 19.4. The van der Waals surface area contributed by atoms with E-state index in [0.717, 1.165) is 4.90 Å². The van der Waals surface area contributed by atoms with Gasteiger partial charge in [-0.1, -0.05) is 20.8 Å². The lowest BCUT2D eigenvalue weighted by Crippen LogP contribution is -2.53. The summed E-state index contributed by atoms with van der Waals surface area (Å²) in [6.07, 6.45) is -4.69. The van der Waals surface area contributed by atoms with Crippen LogP contribution in [0.15, 0.2) is 0 Å². The van der Waals surface area contributed by atoms with E-state index in [2.05, 4.69) is 0 Å². The summed E-state index contributed by atoms with van der Waals surface area (Å²) in [4.78, 5) is 11.2. The molecule has 0 spiro atoms. The Balaban J connectivity index is 0.000000671. The molecule has 1 heterocycles. The first-order chi connectivity index (χ1) is 5.91. The van der Waals surface area contributed by atoms with Gasteiger partial charge in [-0.15, -0.1) is 0 Å². The Morgan fingerprint density at radius 3 is 1.92 bits per heavy atom. The average Bonchev–Trinajstić information content (AvgIpc) is 2.00. The van der Waals surface area contributed by atoms with E-state index >= 15 is 0 Å². The van der Waals surface area contributed by atoms with Gasteiger partial charge in [0, 0.05) is 13.1 Å². The molecule has 1 saturated heterocycles. The van der Waals surface area contributed by atoms with Crippen LogP contribution >= 0.6 is 0 Å². The molecule has 0 saturated carbocycles. The van der Waals surface area contributed by atoms with Crippen LogP contribution in [0, 0.1) is 5.92 Å². The fourth-order valence-corrected chi connectivity index (χ4v) is 1.04. The van der Waals surface area contributed by atoms with Crippen molar-refractivity contribution in [3.05, 3.63) is 0 Å². The fourth-order valence-electron chi connectivity index (χ4n) is 1.04. The SMILES string of the molecule is CC.CC1CN(C(=O)C(F)(F)F)C1. The first kappa shape index (κ1) is 12.3. The molecule has 1 fully saturated rings. The maximum atomic E-state index is 11.7. The van der Waals surface area contributed by atoms with E-state index in [1.54, 1.807) is 6.92 Å². The second-order valence-electron chi connectivity index (χ2n) is 2.81. The van der Waals surface area contributed by atoms with Crippen molar-refractivity contribution in [2.45, 2.75) is 26.9 Å². The smallest absolute Gasteiger partial charge is 0.334 e. The Morgan fingerprint density at radius 1 is 1.31 bits per heavy atom. The molecule has 1 aliphatic heterocycles. The van der Waals surface area contributed by atoms with Gasteiger partial charge in [0.25, 0.3) is 0 Å². The lowest BCUT2D eigenvalue weighted by molar-refractivity contribution is -0.191. The molecule has 1 rings (SSSR count). The number of nitrogens with zero attached hydrogens (tertiary/aromatic N) is 1. The zero-order valence-corrected chi connectivity index (χ0v) is 7.98. The molecule has 0 bridgehead atoms. The number of alkyl halides is 3. The second-order valence-corrected chi connectivity index (χ2v) is 2.81. The van der Waals surface area contributed by atoms with Crippen molar-refractivity contribution in [1.82, 2.24) is 4.90 Å². The minimum atomic E-state index is -4.69. The van der Waals surface area contributed by atoms with Crippen molar-refractivity contribution < 1.29 is 18.0 Å². The number of carbonyl (C=O) groups is 1. The Labute approximate surface area is 75.7 Å². The third-order valence-corrected chi connectivity index (χ3v) is 1.59. The van der Waals surface area contributed by atoms with E-state index in [0.29, 0.717) is 0 Å². The van der Waals surface area contributed by atoms with Gasteiger partial charge in [-0.2, -0.15) is 13.2 Å². The predicted octanol–water partition coefficient (Wildman–Crippen LogP) is 2.05. The molecule has 0 radical (unpaired) electrons. The molecule has 0 aromatic carbocycles. The van der Waals surface area contributed by atoms with Gasteiger partial charge in [-0.05, 0) is 5.92 Å². The lowest BCUT2D eigenvalue weighted by Gasteiger charge is -2.37.